The molecule has 9 heavy (non-hydrogen) atoms. The van der Waals surface area contributed by atoms with Gasteiger partial charge in [0, 0.05) is 0 Å². The van der Waals surface area contributed by atoms with E-state index in [4.69, 9.17) is 0 Å². The Balaban J connectivity index is 3.45. The van der Waals surface area contributed by atoms with Gasteiger partial charge in [-0.1, -0.05) is 90.5 Å². The molecule has 4 heteroatoms. The van der Waals surface area contributed by atoms with Crippen molar-refractivity contribution in [3.05, 3.63) is 11.8 Å². The van der Waals surface area contributed by atoms with Gasteiger partial charge in [0.1, 0.15) is 0 Å². The van der Waals surface area contributed by atoms with Gasteiger partial charge in [-0.25, -0.2) is 0 Å². The average Bonchev–Trinajstić information content (AvgIpc) is 1.63. The molecule has 0 aliphatic rings. The van der Waals surface area contributed by atoms with E-state index in [1.807, 2.05) is 0 Å². The van der Waals surface area contributed by atoms with Gasteiger partial charge in [0.05, 0.1) is 0 Å². The third-order valence-corrected chi connectivity index (χ3v) is 4.61. The van der Waals surface area contributed by atoms with Gasteiger partial charge in [0.15, 0.2) is 0 Å². The molecule has 0 aliphatic heterocycles. The first kappa shape index (κ1) is 11.1. The van der Waals surface area contributed by atoms with Crippen LogP contribution in [0.25, 0.3) is 0 Å². The summed E-state index contributed by atoms with van der Waals surface area (Å²) in [6.45, 7) is 2.21. The van der Waals surface area contributed by atoms with Crippen molar-refractivity contribution in [3.63, 3.8) is 0 Å². The molecule has 0 aromatic carbocycles. The van der Waals surface area contributed by atoms with Crippen molar-refractivity contribution >= 4 is 66.0 Å². The quantitative estimate of drug-likeness (QED) is 0.326. The molecule has 0 saturated carbocycles. The van der Waals surface area contributed by atoms with Crippen molar-refractivity contribution < 1.29 is 0 Å². The van der Waals surface area contributed by atoms with Crippen LogP contribution in [0.15, 0.2) is 11.8 Å². The van der Waals surface area contributed by atoms with Crippen LogP contribution in [0.4, 0.5) is 0 Å². The van der Waals surface area contributed by atoms with Gasteiger partial charge >= 0.3 is 0 Å². The van der Waals surface area contributed by atoms with Crippen LogP contribution in [0, 0.1) is 0 Å². The summed E-state index contributed by atoms with van der Waals surface area (Å²) in [5.74, 6) is 0. The summed E-state index contributed by atoms with van der Waals surface area (Å²) in [6.07, 6.45) is 4.81. The molecule has 0 aromatic rings. The fourth-order valence-electron chi connectivity index (χ4n) is 0.384. The second kappa shape index (κ2) is 5.75. The maximum absolute atomic E-state index is 2.54. The molecular formula is C5H9I3Si. The monoisotopic (exact) mass is 478 g/mol. The van der Waals surface area contributed by atoms with Crippen LogP contribution in [-0.2, 0) is 0 Å². The van der Waals surface area contributed by atoms with Crippen molar-refractivity contribution in [2.24, 2.45) is 0 Å². The highest BCUT2D eigenvalue weighted by molar-refractivity contribution is 14.4. The number of allylic oxidation sites excluding steroid dienone is 1. The van der Waals surface area contributed by atoms with Gasteiger partial charge in [-0.05, 0) is 6.42 Å². The molecule has 0 radical (unpaired) electrons. The molecule has 54 valence electrons. The standard InChI is InChI=1S/C5H9I3Si/c1-2-3-4-5-9(6,7)8/h4-5H,2-3H2,1H3. The Bertz CT molecular complexity index is 94.9. The molecule has 0 heterocycles. The van der Waals surface area contributed by atoms with E-state index < -0.39 is 0.564 Å². The van der Waals surface area contributed by atoms with Crippen LogP contribution in [0.5, 0.6) is 0 Å². The minimum Gasteiger partial charge on any atom is -0.0902 e. The maximum atomic E-state index is 2.54. The number of rotatable bonds is 3. The summed E-state index contributed by atoms with van der Waals surface area (Å²) in [5.41, 5.74) is 2.37. The van der Waals surface area contributed by atoms with E-state index in [9.17, 15) is 0 Å². The largest absolute Gasteiger partial charge is 0.276 e. The molecule has 0 aliphatic carbocycles. The molecule has 0 rings (SSSR count). The molecule has 0 N–H and O–H groups in total. The summed E-state index contributed by atoms with van der Waals surface area (Å²) in [7, 11) is 0. The van der Waals surface area contributed by atoms with E-state index in [1.54, 1.807) is 0 Å². The maximum Gasteiger partial charge on any atom is 0.276 e. The molecule has 0 atom stereocenters. The Morgan fingerprint density at radius 1 is 1.33 bits per heavy atom. The molecular weight excluding hydrogens is 469 g/mol. The minimum atomic E-state index is -0.965. The molecule has 0 aromatic heterocycles. The zero-order valence-electron chi connectivity index (χ0n) is 5.20. The Labute approximate surface area is 95.9 Å². The Morgan fingerprint density at radius 3 is 2.22 bits per heavy atom. The van der Waals surface area contributed by atoms with Gasteiger partial charge in [-0.2, -0.15) is 0 Å². The van der Waals surface area contributed by atoms with Crippen molar-refractivity contribution in [2.45, 2.75) is 19.8 Å². The first-order valence-corrected chi connectivity index (χ1v) is 14.2. The zero-order valence-corrected chi connectivity index (χ0v) is 12.7. The predicted molar refractivity (Wildman–Crippen MR) is 71.9 cm³/mol. The van der Waals surface area contributed by atoms with Crippen LogP contribution >= 0.6 is 65.4 Å². The minimum absolute atomic E-state index is 0.965. The van der Waals surface area contributed by atoms with Crippen LogP contribution < -0.4 is 0 Å². The third-order valence-electron chi connectivity index (χ3n) is 0.762. The van der Waals surface area contributed by atoms with Crippen LogP contribution in [-0.4, -0.2) is 0.564 Å². The van der Waals surface area contributed by atoms with Gasteiger partial charge in [-0.15, -0.1) is 0 Å². The molecule has 0 unspecified atom stereocenters. The fourth-order valence-corrected chi connectivity index (χ4v) is 3.11. The smallest absolute Gasteiger partial charge is 0.0902 e. The number of unbranched alkanes of at least 4 members (excludes halogenated alkanes) is 1. The van der Waals surface area contributed by atoms with Crippen LogP contribution in [0.3, 0.4) is 0 Å². The second-order valence-electron chi connectivity index (χ2n) is 1.73. The lowest BCUT2D eigenvalue weighted by molar-refractivity contribution is 0.960. The highest BCUT2D eigenvalue weighted by Gasteiger charge is 2.15. The van der Waals surface area contributed by atoms with Crippen molar-refractivity contribution in [1.82, 2.24) is 0 Å². The van der Waals surface area contributed by atoms with Gasteiger partial charge < -0.3 is 0 Å². The third kappa shape index (κ3) is 10.1. The van der Waals surface area contributed by atoms with Crippen molar-refractivity contribution in [2.75, 3.05) is 0 Å². The first-order valence-electron chi connectivity index (χ1n) is 2.80. The molecule has 0 nitrogen and oxygen atoms in total. The molecule has 0 saturated heterocycles. The Hall–Kier alpha value is 2.15. The van der Waals surface area contributed by atoms with E-state index in [2.05, 4.69) is 84.1 Å². The SMILES string of the molecule is CCCC=C[Si](I)(I)I. The van der Waals surface area contributed by atoms with Crippen LogP contribution in [0.2, 0.25) is 0 Å². The van der Waals surface area contributed by atoms with Gasteiger partial charge in [0.2, 0.25) is 0 Å². The normalized spacial score (nSPS) is 12.9. The number of halogens is 3. The fraction of sp³-hybridized carbons (Fsp3) is 0.600. The number of hydrogen-bond donors (Lipinski definition) is 0. The van der Waals surface area contributed by atoms with E-state index in [-0.39, 0.29) is 0 Å². The van der Waals surface area contributed by atoms with Gasteiger partial charge in [-0.3, -0.25) is 0 Å². The lowest BCUT2D eigenvalue weighted by Gasteiger charge is -1.99. The molecule has 0 amide bonds. The second-order valence-corrected chi connectivity index (χ2v) is 37.0. The molecule has 0 bridgehead atoms. The van der Waals surface area contributed by atoms with E-state index >= 15 is 0 Å². The van der Waals surface area contributed by atoms with Crippen LogP contribution in [0.1, 0.15) is 19.8 Å². The highest BCUT2D eigenvalue weighted by Crippen LogP contribution is 2.30. The summed E-state index contributed by atoms with van der Waals surface area (Å²) < 4.78 is -0.965. The molecule has 0 spiro atoms. The summed E-state index contributed by atoms with van der Waals surface area (Å²) in [6, 6.07) is 0. The molecule has 0 fully saturated rings. The zero-order chi connectivity index (χ0) is 7.33. The van der Waals surface area contributed by atoms with Crippen molar-refractivity contribution in [3.8, 4) is 0 Å². The topological polar surface area (TPSA) is 0 Å². The van der Waals surface area contributed by atoms with E-state index in [1.165, 1.54) is 12.8 Å². The van der Waals surface area contributed by atoms with Gasteiger partial charge in [0.25, 0.3) is 0.564 Å². The van der Waals surface area contributed by atoms with Crippen molar-refractivity contribution in [1.29, 1.82) is 0 Å². The van der Waals surface area contributed by atoms with E-state index in [0.717, 1.165) is 0 Å². The number of hydrogen-bond acceptors (Lipinski definition) is 0. The lowest BCUT2D eigenvalue weighted by Crippen LogP contribution is -1.98. The summed E-state index contributed by atoms with van der Waals surface area (Å²) >= 11 is 7.63. The predicted octanol–water partition coefficient (Wildman–Crippen LogP) is 4.13. The lowest BCUT2D eigenvalue weighted by atomic mass is 10.3. The Morgan fingerprint density at radius 2 is 1.89 bits per heavy atom. The van der Waals surface area contributed by atoms with E-state index in [0.29, 0.717) is 0 Å². The average molecular weight is 478 g/mol. The highest BCUT2D eigenvalue weighted by atomic mass is 127. The summed E-state index contributed by atoms with van der Waals surface area (Å²) in [4.78, 5) is 0. The Kier molecular flexibility index (Phi) is 7.13. The summed E-state index contributed by atoms with van der Waals surface area (Å²) in [5, 5.41) is 0. The first-order chi connectivity index (χ1) is 4.06.